The summed E-state index contributed by atoms with van der Waals surface area (Å²) in [6.45, 7) is 2.78. The fourth-order valence-corrected chi connectivity index (χ4v) is 1.08. The molecule has 3 heteroatoms. The summed E-state index contributed by atoms with van der Waals surface area (Å²) in [4.78, 5) is 10.2. The number of ether oxygens (including phenoxy) is 1. The molecule has 14 heavy (non-hydrogen) atoms. The van der Waals surface area contributed by atoms with Gasteiger partial charge in [0.1, 0.15) is 5.75 Å². The maximum atomic E-state index is 10.2. The summed E-state index contributed by atoms with van der Waals surface area (Å²) in [5.74, 6) is 0.698. The van der Waals surface area contributed by atoms with Gasteiger partial charge in [-0.15, -0.1) is 0 Å². The van der Waals surface area contributed by atoms with Gasteiger partial charge in [0.25, 0.3) is 0 Å². The van der Waals surface area contributed by atoms with E-state index in [1.807, 2.05) is 18.2 Å². The van der Waals surface area contributed by atoms with E-state index in [0.717, 1.165) is 12.8 Å². The number of nitrogens with one attached hydrogen (secondary N) is 1. The zero-order valence-corrected chi connectivity index (χ0v) is 8.25. The molecule has 1 N–H and O–H groups in total. The highest BCUT2D eigenvalue weighted by molar-refractivity contribution is 5.75. The number of amides is 1. The van der Waals surface area contributed by atoms with Crippen molar-refractivity contribution in [1.82, 2.24) is 0 Å². The number of anilines is 1. The molecule has 0 aliphatic heterocycles. The van der Waals surface area contributed by atoms with Gasteiger partial charge in [-0.05, 0) is 18.6 Å². The first-order valence-corrected chi connectivity index (χ1v) is 4.73. The zero-order chi connectivity index (χ0) is 10.2. The fraction of sp³-hybridized carbons (Fsp3) is 0.364. The third-order valence-corrected chi connectivity index (χ3v) is 1.83. The van der Waals surface area contributed by atoms with Crippen molar-refractivity contribution in [2.45, 2.75) is 19.8 Å². The first-order valence-electron chi connectivity index (χ1n) is 4.73. The van der Waals surface area contributed by atoms with Crippen LogP contribution in [-0.2, 0) is 4.79 Å². The van der Waals surface area contributed by atoms with E-state index in [9.17, 15) is 4.79 Å². The molecule has 0 fully saturated rings. The van der Waals surface area contributed by atoms with E-state index in [1.54, 1.807) is 12.5 Å². The lowest BCUT2D eigenvalue weighted by atomic mass is 10.3. The molecule has 0 aliphatic rings. The van der Waals surface area contributed by atoms with Crippen molar-refractivity contribution in [1.29, 1.82) is 0 Å². The van der Waals surface area contributed by atoms with Crippen LogP contribution in [0.15, 0.2) is 24.3 Å². The van der Waals surface area contributed by atoms with Crippen LogP contribution >= 0.6 is 0 Å². The average Bonchev–Trinajstić information content (AvgIpc) is 2.21. The first kappa shape index (κ1) is 10.6. The highest BCUT2D eigenvalue weighted by Crippen LogP contribution is 2.22. The van der Waals surface area contributed by atoms with E-state index in [1.165, 1.54) is 0 Å². The second-order valence-electron chi connectivity index (χ2n) is 2.93. The van der Waals surface area contributed by atoms with Crippen molar-refractivity contribution < 1.29 is 9.53 Å². The van der Waals surface area contributed by atoms with E-state index in [4.69, 9.17) is 4.74 Å². The molecule has 0 atom stereocenters. The van der Waals surface area contributed by atoms with Gasteiger partial charge in [-0.2, -0.15) is 0 Å². The lowest BCUT2D eigenvalue weighted by Gasteiger charge is -2.09. The minimum atomic E-state index is 0.665. The van der Waals surface area contributed by atoms with Crippen LogP contribution in [0, 0.1) is 0 Å². The Morgan fingerprint density at radius 2 is 2.21 bits per heavy atom. The molecule has 0 unspecified atom stereocenters. The van der Waals surface area contributed by atoms with Crippen LogP contribution in [0.25, 0.3) is 0 Å². The average molecular weight is 192 g/mol. The van der Waals surface area contributed by atoms with Gasteiger partial charge >= 0.3 is 6.41 Å². The minimum Gasteiger partial charge on any atom is -0.491 e. The van der Waals surface area contributed by atoms with Gasteiger partial charge in [-0.3, -0.25) is 4.79 Å². The monoisotopic (exact) mass is 192 g/mol. The fourth-order valence-electron chi connectivity index (χ4n) is 1.08. The highest BCUT2D eigenvalue weighted by Gasteiger charge is 2.00. The van der Waals surface area contributed by atoms with Crippen molar-refractivity contribution in [3.8, 4) is 5.75 Å². The van der Waals surface area contributed by atoms with Crippen LogP contribution < -0.4 is 10.1 Å². The third-order valence-electron chi connectivity index (χ3n) is 1.83. The molecule has 1 aromatic carbocycles. The molecule has 1 radical (unpaired) electrons. The number of hydrogen-bond acceptors (Lipinski definition) is 2. The molecule has 1 aromatic rings. The van der Waals surface area contributed by atoms with Gasteiger partial charge in [-0.1, -0.05) is 25.5 Å². The standard InChI is InChI=1S/C11H14NO2/c1-2-3-8-14-11-7-5-4-6-10(11)12-9-13/h4-7H,2-3,8H2,1H3,(H,12,13). The highest BCUT2D eigenvalue weighted by atomic mass is 16.5. The lowest BCUT2D eigenvalue weighted by Crippen LogP contribution is -2.01. The minimum absolute atomic E-state index is 0.665. The molecule has 1 rings (SSSR count). The lowest BCUT2D eigenvalue weighted by molar-refractivity contribution is 0.311. The predicted octanol–water partition coefficient (Wildman–Crippen LogP) is 2.34. The Balaban J connectivity index is 2.59. The summed E-state index contributed by atoms with van der Waals surface area (Å²) in [6.07, 6.45) is 3.74. The normalized spacial score (nSPS) is 9.50. The maximum Gasteiger partial charge on any atom is 0.314 e. The molecule has 0 aliphatic carbocycles. The van der Waals surface area contributed by atoms with E-state index < -0.39 is 0 Å². The molecular weight excluding hydrogens is 178 g/mol. The summed E-state index contributed by atoms with van der Waals surface area (Å²) < 4.78 is 5.49. The second-order valence-corrected chi connectivity index (χ2v) is 2.93. The Morgan fingerprint density at radius 3 is 2.93 bits per heavy atom. The Hall–Kier alpha value is -1.51. The third kappa shape index (κ3) is 3.09. The number of rotatable bonds is 6. The van der Waals surface area contributed by atoms with Crippen molar-refractivity contribution in [2.75, 3.05) is 11.9 Å². The van der Waals surface area contributed by atoms with Crippen LogP contribution in [0.1, 0.15) is 19.8 Å². The summed E-state index contributed by atoms with van der Waals surface area (Å²) in [5, 5.41) is 2.47. The molecule has 0 spiro atoms. The van der Waals surface area contributed by atoms with Crippen molar-refractivity contribution in [3.63, 3.8) is 0 Å². The molecule has 3 nitrogen and oxygen atoms in total. The van der Waals surface area contributed by atoms with Crippen LogP contribution in [0.4, 0.5) is 5.69 Å². The van der Waals surface area contributed by atoms with Gasteiger partial charge < -0.3 is 10.1 Å². The molecule has 0 heterocycles. The summed E-state index contributed by atoms with van der Waals surface area (Å²) in [6, 6.07) is 7.32. The van der Waals surface area contributed by atoms with Gasteiger partial charge in [0, 0.05) is 0 Å². The summed E-state index contributed by atoms with van der Waals surface area (Å²) in [5.41, 5.74) is 0.665. The van der Waals surface area contributed by atoms with E-state index in [2.05, 4.69) is 12.2 Å². The molecule has 0 aromatic heterocycles. The number of unbranched alkanes of at least 4 members (excludes halogenated alkanes) is 1. The topological polar surface area (TPSA) is 38.3 Å². The SMILES string of the molecule is CCCCOc1ccccc1N[C]=O. The van der Waals surface area contributed by atoms with Crippen LogP contribution in [-0.4, -0.2) is 13.0 Å². The van der Waals surface area contributed by atoms with Crippen molar-refractivity contribution in [2.24, 2.45) is 0 Å². The van der Waals surface area contributed by atoms with Gasteiger partial charge in [0.2, 0.25) is 0 Å². The van der Waals surface area contributed by atoms with Crippen molar-refractivity contribution >= 4 is 12.1 Å². The first-order chi connectivity index (χ1) is 6.88. The molecule has 0 saturated heterocycles. The zero-order valence-electron chi connectivity index (χ0n) is 8.25. The van der Waals surface area contributed by atoms with Gasteiger partial charge in [0.05, 0.1) is 12.3 Å². The van der Waals surface area contributed by atoms with Crippen LogP contribution in [0.2, 0.25) is 0 Å². The Labute approximate surface area is 84.1 Å². The molecular formula is C11H14NO2. The van der Waals surface area contributed by atoms with Gasteiger partial charge in [-0.25, -0.2) is 0 Å². The molecule has 0 bridgehead atoms. The number of hydrogen-bond donors (Lipinski definition) is 1. The predicted molar refractivity (Wildman–Crippen MR) is 56.2 cm³/mol. The maximum absolute atomic E-state index is 10.2. The van der Waals surface area contributed by atoms with Crippen LogP contribution in [0.3, 0.4) is 0 Å². The summed E-state index contributed by atoms with van der Waals surface area (Å²) in [7, 11) is 0. The van der Waals surface area contributed by atoms with E-state index in [-0.39, 0.29) is 0 Å². The summed E-state index contributed by atoms with van der Waals surface area (Å²) >= 11 is 0. The second kappa shape index (κ2) is 6.02. The number of carbonyl (C=O) groups excluding carboxylic acids is 1. The largest absolute Gasteiger partial charge is 0.491 e. The quantitative estimate of drug-likeness (QED) is 0.555. The van der Waals surface area contributed by atoms with E-state index in [0.29, 0.717) is 18.0 Å². The molecule has 75 valence electrons. The Bertz CT molecular complexity index is 286. The Kier molecular flexibility index (Phi) is 4.55. The molecule has 1 amide bonds. The van der Waals surface area contributed by atoms with Crippen molar-refractivity contribution in [3.05, 3.63) is 24.3 Å². The van der Waals surface area contributed by atoms with E-state index >= 15 is 0 Å². The number of para-hydroxylation sites is 2. The molecule has 0 saturated carbocycles. The smallest absolute Gasteiger partial charge is 0.314 e. The Morgan fingerprint density at radius 1 is 1.43 bits per heavy atom. The van der Waals surface area contributed by atoms with Gasteiger partial charge in [0.15, 0.2) is 0 Å². The number of benzene rings is 1. The van der Waals surface area contributed by atoms with Crippen LogP contribution in [0.5, 0.6) is 5.75 Å².